The summed E-state index contributed by atoms with van der Waals surface area (Å²) in [7, 11) is 1.52. The van der Waals surface area contributed by atoms with Crippen LogP contribution in [-0.4, -0.2) is 31.0 Å². The van der Waals surface area contributed by atoms with E-state index in [1.165, 1.54) is 13.2 Å². The van der Waals surface area contributed by atoms with Crippen LogP contribution in [0.15, 0.2) is 18.2 Å². The molecule has 2 rings (SSSR count). The number of alkyl halides is 2. The number of benzene rings is 1. The Kier molecular flexibility index (Phi) is 5.36. The average molecular weight is 301 g/mol. The first-order valence-corrected chi connectivity index (χ1v) is 7.07. The molecular formula is C15H21F2NO3. The molecule has 1 aromatic carbocycles. The van der Waals surface area contributed by atoms with Gasteiger partial charge in [-0.2, -0.15) is 8.78 Å². The van der Waals surface area contributed by atoms with Crippen molar-refractivity contribution in [2.45, 2.75) is 44.4 Å². The molecule has 0 atom stereocenters. The summed E-state index contributed by atoms with van der Waals surface area (Å²) in [6.07, 6.45) is 3.60. The molecule has 4 nitrogen and oxygen atoms in total. The van der Waals surface area contributed by atoms with E-state index < -0.39 is 12.2 Å². The van der Waals surface area contributed by atoms with Gasteiger partial charge in [-0.05, 0) is 31.0 Å². The minimum atomic E-state index is -2.86. The number of ether oxygens (including phenoxy) is 2. The molecule has 0 aromatic heterocycles. The molecule has 0 amide bonds. The molecule has 1 aromatic rings. The quantitative estimate of drug-likeness (QED) is 0.813. The van der Waals surface area contributed by atoms with Crippen molar-refractivity contribution in [1.29, 1.82) is 0 Å². The smallest absolute Gasteiger partial charge is 0.387 e. The highest BCUT2D eigenvalue weighted by molar-refractivity contribution is 5.40. The molecule has 118 valence electrons. The van der Waals surface area contributed by atoms with Crippen LogP contribution < -0.4 is 14.8 Å². The number of rotatable bonds is 7. The van der Waals surface area contributed by atoms with E-state index in [2.05, 4.69) is 10.1 Å². The van der Waals surface area contributed by atoms with Crippen molar-refractivity contribution in [2.75, 3.05) is 13.7 Å². The van der Waals surface area contributed by atoms with E-state index in [1.54, 1.807) is 12.1 Å². The van der Waals surface area contributed by atoms with Crippen LogP contribution in [0.2, 0.25) is 0 Å². The van der Waals surface area contributed by atoms with Crippen LogP contribution >= 0.6 is 0 Å². The van der Waals surface area contributed by atoms with E-state index in [9.17, 15) is 13.9 Å². The maximum absolute atomic E-state index is 12.4. The fourth-order valence-corrected chi connectivity index (χ4v) is 2.67. The zero-order valence-corrected chi connectivity index (χ0v) is 12.1. The monoisotopic (exact) mass is 301 g/mol. The second-order valence-corrected chi connectivity index (χ2v) is 5.39. The lowest BCUT2D eigenvalue weighted by molar-refractivity contribution is -0.0506. The summed E-state index contributed by atoms with van der Waals surface area (Å²) in [6.45, 7) is -2.09. The molecule has 0 bridgehead atoms. The van der Waals surface area contributed by atoms with Gasteiger partial charge < -0.3 is 19.9 Å². The Morgan fingerprint density at radius 1 is 1.33 bits per heavy atom. The summed E-state index contributed by atoms with van der Waals surface area (Å²) >= 11 is 0. The van der Waals surface area contributed by atoms with Crippen LogP contribution in [0.1, 0.15) is 31.2 Å². The Balaban J connectivity index is 1.99. The molecule has 1 saturated carbocycles. The molecule has 0 heterocycles. The van der Waals surface area contributed by atoms with Crippen LogP contribution in [0.4, 0.5) is 8.78 Å². The molecule has 0 spiro atoms. The SMILES string of the molecule is COc1ccc(OC(F)F)c(CNCC2(O)CCCC2)c1. The Morgan fingerprint density at radius 2 is 2.05 bits per heavy atom. The van der Waals surface area contributed by atoms with Crippen LogP contribution in [-0.2, 0) is 6.54 Å². The van der Waals surface area contributed by atoms with Crippen molar-refractivity contribution in [2.24, 2.45) is 0 Å². The maximum Gasteiger partial charge on any atom is 0.387 e. The molecule has 1 fully saturated rings. The summed E-state index contributed by atoms with van der Waals surface area (Å²) in [5, 5.41) is 13.4. The van der Waals surface area contributed by atoms with Crippen molar-refractivity contribution in [3.8, 4) is 11.5 Å². The van der Waals surface area contributed by atoms with Gasteiger partial charge in [-0.1, -0.05) is 12.8 Å². The highest BCUT2D eigenvalue weighted by Gasteiger charge is 2.30. The molecule has 2 N–H and O–H groups in total. The van der Waals surface area contributed by atoms with Gasteiger partial charge in [0.15, 0.2) is 0 Å². The van der Waals surface area contributed by atoms with Gasteiger partial charge in [0, 0.05) is 18.7 Å². The number of halogens is 2. The Bertz CT molecular complexity index is 462. The summed E-state index contributed by atoms with van der Waals surface area (Å²) in [5.74, 6) is 0.699. The van der Waals surface area contributed by atoms with Crippen LogP contribution in [0.25, 0.3) is 0 Å². The second-order valence-electron chi connectivity index (χ2n) is 5.39. The zero-order valence-electron chi connectivity index (χ0n) is 12.1. The molecule has 0 radical (unpaired) electrons. The highest BCUT2D eigenvalue weighted by Crippen LogP contribution is 2.29. The number of nitrogens with one attached hydrogen (secondary N) is 1. The van der Waals surface area contributed by atoms with Gasteiger partial charge in [-0.15, -0.1) is 0 Å². The third-order valence-corrected chi connectivity index (χ3v) is 3.79. The van der Waals surface area contributed by atoms with Crippen LogP contribution in [0.5, 0.6) is 11.5 Å². The third-order valence-electron chi connectivity index (χ3n) is 3.79. The van der Waals surface area contributed by atoms with Crippen molar-refractivity contribution >= 4 is 0 Å². The number of hydrogen-bond donors (Lipinski definition) is 2. The largest absolute Gasteiger partial charge is 0.497 e. The van der Waals surface area contributed by atoms with E-state index in [0.29, 0.717) is 24.4 Å². The lowest BCUT2D eigenvalue weighted by Gasteiger charge is -2.23. The first-order chi connectivity index (χ1) is 10.0. The van der Waals surface area contributed by atoms with Crippen LogP contribution in [0, 0.1) is 0 Å². The van der Waals surface area contributed by atoms with E-state index in [4.69, 9.17) is 4.74 Å². The first-order valence-electron chi connectivity index (χ1n) is 7.07. The molecule has 0 unspecified atom stereocenters. The van der Waals surface area contributed by atoms with Gasteiger partial charge in [-0.3, -0.25) is 0 Å². The lowest BCUT2D eigenvalue weighted by atomic mass is 10.0. The minimum Gasteiger partial charge on any atom is -0.497 e. The van der Waals surface area contributed by atoms with Gasteiger partial charge in [0.1, 0.15) is 11.5 Å². The number of methoxy groups -OCH3 is 1. The zero-order chi connectivity index (χ0) is 15.3. The minimum absolute atomic E-state index is 0.122. The van der Waals surface area contributed by atoms with Crippen molar-refractivity contribution in [3.05, 3.63) is 23.8 Å². The van der Waals surface area contributed by atoms with Gasteiger partial charge in [0.2, 0.25) is 0 Å². The molecule has 0 saturated heterocycles. The summed E-state index contributed by atoms with van der Waals surface area (Å²) in [6, 6.07) is 4.70. The van der Waals surface area contributed by atoms with Gasteiger partial charge in [-0.25, -0.2) is 0 Å². The molecule has 0 aliphatic heterocycles. The maximum atomic E-state index is 12.4. The van der Waals surface area contributed by atoms with Crippen molar-refractivity contribution in [3.63, 3.8) is 0 Å². The summed E-state index contributed by atoms with van der Waals surface area (Å²) in [4.78, 5) is 0. The second kappa shape index (κ2) is 7.04. The highest BCUT2D eigenvalue weighted by atomic mass is 19.3. The summed E-state index contributed by atoms with van der Waals surface area (Å²) in [5.41, 5.74) is -0.0981. The Morgan fingerprint density at radius 3 is 2.67 bits per heavy atom. The molecular weight excluding hydrogens is 280 g/mol. The van der Waals surface area contributed by atoms with E-state index >= 15 is 0 Å². The van der Waals surface area contributed by atoms with Crippen LogP contribution in [0.3, 0.4) is 0 Å². The Labute approximate surface area is 123 Å². The molecule has 21 heavy (non-hydrogen) atoms. The Hall–Kier alpha value is -1.40. The summed E-state index contributed by atoms with van der Waals surface area (Å²) < 4.78 is 34.4. The van der Waals surface area contributed by atoms with Crippen molar-refractivity contribution < 1.29 is 23.4 Å². The first kappa shape index (κ1) is 16.0. The molecule has 1 aliphatic carbocycles. The predicted octanol–water partition coefficient (Wildman–Crippen LogP) is 2.69. The fraction of sp³-hybridized carbons (Fsp3) is 0.600. The van der Waals surface area contributed by atoms with E-state index in [0.717, 1.165) is 25.7 Å². The number of aliphatic hydroxyl groups is 1. The lowest BCUT2D eigenvalue weighted by Crippen LogP contribution is -2.37. The average Bonchev–Trinajstić information content (AvgIpc) is 2.87. The van der Waals surface area contributed by atoms with Gasteiger partial charge in [0.25, 0.3) is 0 Å². The third kappa shape index (κ3) is 4.54. The predicted molar refractivity (Wildman–Crippen MR) is 74.8 cm³/mol. The number of hydrogen-bond acceptors (Lipinski definition) is 4. The molecule has 6 heteroatoms. The van der Waals surface area contributed by atoms with Gasteiger partial charge in [0.05, 0.1) is 12.7 Å². The van der Waals surface area contributed by atoms with E-state index in [-0.39, 0.29) is 5.75 Å². The standard InChI is InChI=1S/C15H21F2NO3/c1-20-12-4-5-13(21-14(16)17)11(8-12)9-18-10-15(19)6-2-3-7-15/h4-5,8,14,18-19H,2-3,6-7,9-10H2,1H3. The normalized spacial score (nSPS) is 17.2. The topological polar surface area (TPSA) is 50.7 Å². The van der Waals surface area contributed by atoms with E-state index in [1.807, 2.05) is 0 Å². The fourth-order valence-electron chi connectivity index (χ4n) is 2.67. The van der Waals surface area contributed by atoms with Gasteiger partial charge >= 0.3 is 6.61 Å². The van der Waals surface area contributed by atoms with Crippen molar-refractivity contribution in [1.82, 2.24) is 5.32 Å². The molecule has 1 aliphatic rings.